The Hall–Kier alpha value is -1.87. The number of carboxylic acid groups (broad SMARTS) is 1. The minimum Gasteiger partial charge on any atom is -0.481 e. The highest BCUT2D eigenvalue weighted by atomic mass is 32.2. The fourth-order valence-corrected chi connectivity index (χ4v) is 3.35. The van der Waals surface area contributed by atoms with Crippen molar-refractivity contribution in [3.8, 4) is 0 Å². The number of benzene rings is 1. The molecule has 4 nitrogen and oxygen atoms in total. The van der Waals surface area contributed by atoms with E-state index < -0.39 is 23.6 Å². The van der Waals surface area contributed by atoms with Crippen LogP contribution in [-0.2, 0) is 15.8 Å². The van der Waals surface area contributed by atoms with Gasteiger partial charge in [0, 0.05) is 13.0 Å². The molecule has 0 atom stereocenters. The monoisotopic (exact) mass is 375 g/mol. The summed E-state index contributed by atoms with van der Waals surface area (Å²) in [5.41, 5.74) is -0.552. The molecular weight excluding hydrogens is 363 g/mol. The predicted molar refractivity (Wildman–Crippen MR) is 88.2 cm³/mol. The van der Waals surface area contributed by atoms with E-state index >= 15 is 0 Å². The summed E-state index contributed by atoms with van der Waals surface area (Å²) < 4.78 is 38.4. The quantitative estimate of drug-likeness (QED) is 0.627. The van der Waals surface area contributed by atoms with Crippen molar-refractivity contribution in [2.24, 2.45) is 0 Å². The first-order valence-electron chi connectivity index (χ1n) is 6.83. The molecule has 1 aliphatic rings. The third kappa shape index (κ3) is 4.57. The van der Waals surface area contributed by atoms with Gasteiger partial charge < -0.3 is 5.11 Å². The van der Waals surface area contributed by atoms with Crippen LogP contribution in [0.1, 0.15) is 24.0 Å². The SMILES string of the molecule is O=C(O)CCCN1C(=O)C(=Cc2cccc(C(F)(F)F)c2)SC1=S. The van der Waals surface area contributed by atoms with Crippen LogP contribution in [0.15, 0.2) is 29.2 Å². The van der Waals surface area contributed by atoms with Crippen molar-refractivity contribution in [1.29, 1.82) is 0 Å². The summed E-state index contributed by atoms with van der Waals surface area (Å²) in [5.74, 6) is -1.40. The van der Waals surface area contributed by atoms with Crippen molar-refractivity contribution in [2.45, 2.75) is 19.0 Å². The first-order chi connectivity index (χ1) is 11.2. The maximum absolute atomic E-state index is 12.7. The number of carbonyl (C=O) groups excluding carboxylic acids is 1. The first kappa shape index (κ1) is 18.5. The topological polar surface area (TPSA) is 57.6 Å². The van der Waals surface area contributed by atoms with Crippen LogP contribution in [0.5, 0.6) is 0 Å². The lowest BCUT2D eigenvalue weighted by molar-refractivity contribution is -0.138. The third-order valence-electron chi connectivity index (χ3n) is 3.16. The average Bonchev–Trinajstić information content (AvgIpc) is 2.74. The second-order valence-electron chi connectivity index (χ2n) is 4.95. The molecule has 24 heavy (non-hydrogen) atoms. The van der Waals surface area contributed by atoms with Crippen molar-refractivity contribution in [1.82, 2.24) is 4.90 Å². The van der Waals surface area contributed by atoms with E-state index in [0.717, 1.165) is 23.9 Å². The molecule has 1 aromatic carbocycles. The molecule has 2 rings (SSSR count). The number of thioether (sulfide) groups is 1. The molecule has 128 valence electrons. The molecule has 1 aromatic rings. The van der Waals surface area contributed by atoms with Crippen LogP contribution < -0.4 is 0 Å². The third-order valence-corrected chi connectivity index (χ3v) is 4.54. The van der Waals surface area contributed by atoms with E-state index in [9.17, 15) is 22.8 Å². The number of thiocarbonyl (C=S) groups is 1. The molecule has 1 heterocycles. The minimum absolute atomic E-state index is 0.0935. The summed E-state index contributed by atoms with van der Waals surface area (Å²) in [6.07, 6.45) is -2.95. The molecule has 0 spiro atoms. The Morgan fingerprint density at radius 2 is 2.08 bits per heavy atom. The smallest absolute Gasteiger partial charge is 0.416 e. The highest BCUT2D eigenvalue weighted by Gasteiger charge is 2.33. The zero-order valence-corrected chi connectivity index (χ0v) is 13.8. The number of hydrogen-bond donors (Lipinski definition) is 1. The van der Waals surface area contributed by atoms with Gasteiger partial charge in [-0.1, -0.05) is 36.1 Å². The molecule has 0 bridgehead atoms. The summed E-state index contributed by atoms with van der Waals surface area (Å²) >= 11 is 6.06. The van der Waals surface area contributed by atoms with E-state index in [4.69, 9.17) is 17.3 Å². The Balaban J connectivity index is 2.15. The zero-order valence-electron chi connectivity index (χ0n) is 12.2. The average molecular weight is 375 g/mol. The van der Waals surface area contributed by atoms with Crippen LogP contribution in [0, 0.1) is 0 Å². The van der Waals surface area contributed by atoms with Gasteiger partial charge in [0.15, 0.2) is 0 Å². The van der Waals surface area contributed by atoms with Crippen LogP contribution in [0.4, 0.5) is 13.2 Å². The van der Waals surface area contributed by atoms with Gasteiger partial charge in [-0.15, -0.1) is 0 Å². The van der Waals surface area contributed by atoms with Gasteiger partial charge in [-0.25, -0.2) is 0 Å². The van der Waals surface area contributed by atoms with Gasteiger partial charge in [0.1, 0.15) is 4.32 Å². The number of carboxylic acids is 1. The number of halogens is 3. The van der Waals surface area contributed by atoms with E-state index in [1.807, 2.05) is 0 Å². The fourth-order valence-electron chi connectivity index (χ4n) is 2.04. The molecule has 1 amide bonds. The second kappa shape index (κ2) is 7.35. The zero-order chi connectivity index (χ0) is 17.9. The number of hydrogen-bond acceptors (Lipinski definition) is 4. The van der Waals surface area contributed by atoms with E-state index in [2.05, 4.69) is 0 Å². The Bertz CT molecular complexity index is 716. The van der Waals surface area contributed by atoms with Gasteiger partial charge in [0.2, 0.25) is 0 Å². The number of carbonyl (C=O) groups is 2. The predicted octanol–water partition coefficient (Wildman–Crippen LogP) is 3.77. The molecule has 0 saturated carbocycles. The van der Waals surface area contributed by atoms with Crippen LogP contribution in [0.2, 0.25) is 0 Å². The number of alkyl halides is 3. The summed E-state index contributed by atoms with van der Waals surface area (Å²) in [5, 5.41) is 8.61. The van der Waals surface area contributed by atoms with E-state index in [1.165, 1.54) is 23.1 Å². The van der Waals surface area contributed by atoms with Crippen molar-refractivity contribution in [3.63, 3.8) is 0 Å². The Morgan fingerprint density at radius 1 is 1.38 bits per heavy atom. The van der Waals surface area contributed by atoms with Crippen molar-refractivity contribution >= 4 is 46.3 Å². The normalized spacial score (nSPS) is 17.0. The maximum Gasteiger partial charge on any atom is 0.416 e. The lowest BCUT2D eigenvalue weighted by Crippen LogP contribution is -2.29. The summed E-state index contributed by atoms with van der Waals surface area (Å²) in [7, 11) is 0. The highest BCUT2D eigenvalue weighted by Crippen LogP contribution is 2.34. The summed E-state index contributed by atoms with van der Waals surface area (Å²) in [6.45, 7) is 0.164. The van der Waals surface area contributed by atoms with Crippen molar-refractivity contribution < 1.29 is 27.9 Å². The van der Waals surface area contributed by atoms with E-state index in [1.54, 1.807) is 0 Å². The largest absolute Gasteiger partial charge is 0.481 e. The first-order valence-corrected chi connectivity index (χ1v) is 8.05. The highest BCUT2D eigenvalue weighted by molar-refractivity contribution is 8.26. The lowest BCUT2D eigenvalue weighted by Gasteiger charge is -2.13. The van der Waals surface area contributed by atoms with Gasteiger partial charge in [-0.3, -0.25) is 14.5 Å². The summed E-state index contributed by atoms with van der Waals surface area (Å²) in [6, 6.07) is 4.64. The van der Waals surface area contributed by atoms with Crippen LogP contribution in [0.3, 0.4) is 0 Å². The number of nitrogens with zero attached hydrogens (tertiary/aromatic N) is 1. The van der Waals surface area contributed by atoms with Gasteiger partial charge in [-0.2, -0.15) is 13.2 Å². The molecule has 1 saturated heterocycles. The van der Waals surface area contributed by atoms with Gasteiger partial charge >= 0.3 is 12.1 Å². The van der Waals surface area contributed by atoms with Gasteiger partial charge in [0.25, 0.3) is 5.91 Å². The molecule has 0 radical (unpaired) electrons. The summed E-state index contributed by atoms with van der Waals surface area (Å²) in [4.78, 5) is 24.3. The Kier molecular flexibility index (Phi) is 5.66. The minimum atomic E-state index is -4.46. The molecule has 9 heteroatoms. The maximum atomic E-state index is 12.7. The number of rotatable bonds is 5. The van der Waals surface area contributed by atoms with Crippen LogP contribution >= 0.6 is 24.0 Å². The van der Waals surface area contributed by atoms with Crippen molar-refractivity contribution in [3.05, 3.63) is 40.3 Å². The Labute approximate surface area is 145 Å². The second-order valence-corrected chi connectivity index (χ2v) is 6.63. The van der Waals surface area contributed by atoms with Crippen LogP contribution in [-0.4, -0.2) is 32.7 Å². The number of amides is 1. The Morgan fingerprint density at radius 3 is 2.71 bits per heavy atom. The standard InChI is InChI=1S/C15H12F3NO3S2/c16-15(17,18)10-4-1-3-9(7-10)8-11-13(22)19(14(23)24-11)6-2-5-12(20)21/h1,3-4,7-8H,2,5-6H2,(H,20,21). The molecule has 1 aliphatic heterocycles. The van der Waals surface area contributed by atoms with Crippen molar-refractivity contribution in [2.75, 3.05) is 6.54 Å². The number of aliphatic carboxylic acids is 1. The molecule has 0 unspecified atom stereocenters. The molecule has 1 fully saturated rings. The molecule has 0 aromatic heterocycles. The molecular formula is C15H12F3NO3S2. The van der Waals surface area contributed by atoms with E-state index in [0.29, 0.717) is 0 Å². The van der Waals surface area contributed by atoms with E-state index in [-0.39, 0.29) is 34.2 Å². The fraction of sp³-hybridized carbons (Fsp3) is 0.267. The lowest BCUT2D eigenvalue weighted by atomic mass is 10.1. The molecule has 1 N–H and O–H groups in total. The van der Waals surface area contributed by atoms with Gasteiger partial charge in [-0.05, 0) is 30.2 Å². The van der Waals surface area contributed by atoms with Crippen LogP contribution in [0.25, 0.3) is 6.08 Å². The van der Waals surface area contributed by atoms with Gasteiger partial charge in [0.05, 0.1) is 10.5 Å². The molecule has 0 aliphatic carbocycles.